The van der Waals surface area contributed by atoms with Crippen LogP contribution in [0.25, 0.3) is 20.8 Å². The molecule has 1 aliphatic heterocycles. The fraction of sp³-hybridized carbons (Fsp3) is 0.222. The van der Waals surface area contributed by atoms with Crippen LogP contribution in [0.1, 0.15) is 0 Å². The van der Waals surface area contributed by atoms with Crippen LogP contribution in [0.4, 0.5) is 5.69 Å². The van der Waals surface area contributed by atoms with E-state index < -0.39 is 0 Å². The average molecular weight is 373 g/mol. The highest BCUT2D eigenvalue weighted by atomic mass is 32.2. The molecule has 1 saturated heterocycles. The van der Waals surface area contributed by atoms with Crippen molar-refractivity contribution in [2.45, 2.75) is 5.25 Å². The Hall–Kier alpha value is -1.50. The number of carbonyl (C=O) groups excluding carboxylic acids is 1. The molecule has 0 spiro atoms. The third kappa shape index (κ3) is 3.45. The van der Waals surface area contributed by atoms with E-state index >= 15 is 0 Å². The maximum Gasteiger partial charge on any atom is 0.238 e. The van der Waals surface area contributed by atoms with E-state index in [-0.39, 0.29) is 11.2 Å². The molecule has 4 rings (SSSR count). The van der Waals surface area contributed by atoms with Crippen LogP contribution in [0.3, 0.4) is 0 Å². The minimum Gasteiger partial charge on any atom is -0.325 e. The second kappa shape index (κ2) is 7.17. The summed E-state index contributed by atoms with van der Waals surface area (Å²) >= 11 is 5.30. The number of anilines is 1. The highest BCUT2D eigenvalue weighted by molar-refractivity contribution is 8.07. The van der Waals surface area contributed by atoms with E-state index in [1.54, 1.807) is 23.1 Å². The molecule has 1 amide bonds. The lowest BCUT2D eigenvalue weighted by molar-refractivity contribution is -0.115. The fourth-order valence-electron chi connectivity index (χ4n) is 2.55. The van der Waals surface area contributed by atoms with Gasteiger partial charge in [-0.05, 0) is 36.4 Å². The fourth-order valence-corrected chi connectivity index (χ4v) is 6.08. The lowest BCUT2D eigenvalue weighted by atomic mass is 10.2. The number of thiazole rings is 1. The normalized spacial score (nSPS) is 17.8. The van der Waals surface area contributed by atoms with E-state index in [1.807, 2.05) is 54.2 Å². The Labute approximate surface area is 153 Å². The summed E-state index contributed by atoms with van der Waals surface area (Å²) in [5, 5.41) is 4.10. The average Bonchev–Trinajstić information content (AvgIpc) is 3.07. The van der Waals surface area contributed by atoms with Crippen molar-refractivity contribution in [3.8, 4) is 10.6 Å². The molecule has 1 fully saturated rings. The van der Waals surface area contributed by atoms with Crippen LogP contribution in [0.15, 0.2) is 48.5 Å². The first kappa shape index (κ1) is 16.0. The van der Waals surface area contributed by atoms with Crippen molar-refractivity contribution in [2.24, 2.45) is 0 Å². The third-order valence-corrected chi connectivity index (χ3v) is 7.64. The molecule has 122 valence electrons. The molecule has 3 aromatic rings. The smallest absolute Gasteiger partial charge is 0.238 e. The van der Waals surface area contributed by atoms with E-state index in [9.17, 15) is 4.79 Å². The van der Waals surface area contributed by atoms with Gasteiger partial charge in [0.25, 0.3) is 0 Å². The van der Waals surface area contributed by atoms with E-state index in [1.165, 1.54) is 4.70 Å². The van der Waals surface area contributed by atoms with E-state index in [0.717, 1.165) is 39.0 Å². The minimum atomic E-state index is 0.0627. The van der Waals surface area contributed by atoms with Gasteiger partial charge in [-0.25, -0.2) is 4.98 Å². The second-order valence-corrected chi connectivity index (χ2v) is 8.98. The molecule has 3 nitrogen and oxygen atoms in total. The van der Waals surface area contributed by atoms with Crippen molar-refractivity contribution in [2.75, 3.05) is 22.6 Å². The van der Waals surface area contributed by atoms with Crippen molar-refractivity contribution in [3.05, 3.63) is 48.5 Å². The molecule has 1 unspecified atom stereocenters. The number of carbonyl (C=O) groups is 1. The van der Waals surface area contributed by atoms with Crippen molar-refractivity contribution < 1.29 is 4.79 Å². The minimum absolute atomic E-state index is 0.0627. The number of amides is 1. The van der Waals surface area contributed by atoms with Gasteiger partial charge in [0.05, 0.1) is 15.5 Å². The number of rotatable bonds is 3. The van der Waals surface area contributed by atoms with E-state index in [4.69, 9.17) is 0 Å². The predicted molar refractivity (Wildman–Crippen MR) is 107 cm³/mol. The molecule has 2 heterocycles. The van der Waals surface area contributed by atoms with Crippen LogP contribution >= 0.6 is 34.9 Å². The van der Waals surface area contributed by atoms with Gasteiger partial charge in [0.15, 0.2) is 0 Å². The number of para-hydroxylation sites is 1. The quantitative estimate of drug-likeness (QED) is 0.720. The summed E-state index contributed by atoms with van der Waals surface area (Å²) in [5.41, 5.74) is 2.96. The number of benzene rings is 2. The number of nitrogens with one attached hydrogen (secondary N) is 1. The number of hydrogen-bond donors (Lipinski definition) is 1. The van der Waals surface area contributed by atoms with Crippen molar-refractivity contribution >= 4 is 56.7 Å². The Balaban J connectivity index is 1.48. The zero-order chi connectivity index (χ0) is 16.4. The zero-order valence-corrected chi connectivity index (χ0v) is 15.3. The molecule has 1 aliphatic rings. The van der Waals surface area contributed by atoms with Gasteiger partial charge < -0.3 is 5.32 Å². The van der Waals surface area contributed by atoms with E-state index in [0.29, 0.717) is 0 Å². The van der Waals surface area contributed by atoms with Crippen LogP contribution in [0.2, 0.25) is 0 Å². The highest BCUT2D eigenvalue weighted by Gasteiger charge is 2.22. The van der Waals surface area contributed by atoms with Gasteiger partial charge in [-0.3, -0.25) is 4.79 Å². The summed E-state index contributed by atoms with van der Waals surface area (Å²) in [4.78, 5) is 17.0. The maximum atomic E-state index is 12.3. The van der Waals surface area contributed by atoms with Crippen LogP contribution in [-0.2, 0) is 4.79 Å². The van der Waals surface area contributed by atoms with Crippen LogP contribution in [0.5, 0.6) is 0 Å². The predicted octanol–water partition coefficient (Wildman–Crippen LogP) is 4.75. The summed E-state index contributed by atoms with van der Waals surface area (Å²) < 4.78 is 1.19. The number of thioether (sulfide) groups is 2. The molecule has 1 N–H and O–H groups in total. The molecule has 1 aromatic heterocycles. The van der Waals surface area contributed by atoms with Gasteiger partial charge in [-0.2, -0.15) is 11.8 Å². The van der Waals surface area contributed by atoms with Gasteiger partial charge in [-0.15, -0.1) is 23.1 Å². The van der Waals surface area contributed by atoms with Gasteiger partial charge in [-0.1, -0.05) is 12.1 Å². The van der Waals surface area contributed by atoms with Gasteiger partial charge in [0.2, 0.25) is 5.91 Å². The van der Waals surface area contributed by atoms with Gasteiger partial charge >= 0.3 is 0 Å². The summed E-state index contributed by atoms with van der Waals surface area (Å²) in [7, 11) is 0. The topological polar surface area (TPSA) is 42.0 Å². The van der Waals surface area contributed by atoms with Crippen molar-refractivity contribution in [3.63, 3.8) is 0 Å². The Morgan fingerprint density at radius 1 is 1.08 bits per heavy atom. The molecule has 24 heavy (non-hydrogen) atoms. The molecule has 0 saturated carbocycles. The molecule has 6 heteroatoms. The Kier molecular flexibility index (Phi) is 4.78. The number of nitrogens with zero attached hydrogens (tertiary/aromatic N) is 1. The van der Waals surface area contributed by atoms with Crippen LogP contribution < -0.4 is 5.32 Å². The molecule has 0 radical (unpaired) electrons. The largest absolute Gasteiger partial charge is 0.325 e. The van der Waals surface area contributed by atoms with E-state index in [2.05, 4.69) is 16.4 Å². The SMILES string of the molecule is O=C(Nc1ccc(-c2nc3ccccc3s2)cc1)C1CSCCS1. The monoisotopic (exact) mass is 372 g/mol. The first-order chi connectivity index (χ1) is 11.8. The zero-order valence-electron chi connectivity index (χ0n) is 12.9. The molecule has 0 bridgehead atoms. The number of fused-ring (bicyclic) bond motifs is 1. The van der Waals surface area contributed by atoms with Crippen molar-refractivity contribution in [1.29, 1.82) is 0 Å². The summed E-state index contributed by atoms with van der Waals surface area (Å²) in [6, 6.07) is 16.1. The lowest BCUT2D eigenvalue weighted by Crippen LogP contribution is -2.30. The van der Waals surface area contributed by atoms with Crippen LogP contribution in [0, 0.1) is 0 Å². The number of hydrogen-bond acceptors (Lipinski definition) is 5. The van der Waals surface area contributed by atoms with Gasteiger partial charge in [0, 0.05) is 28.5 Å². The maximum absolute atomic E-state index is 12.3. The standard InChI is InChI=1S/C18H16N2OS3/c21-17(16-11-22-9-10-23-16)19-13-7-5-12(6-8-13)18-20-14-3-1-2-4-15(14)24-18/h1-8,16H,9-11H2,(H,19,21). The Bertz CT molecular complexity index is 821. The van der Waals surface area contributed by atoms with Crippen LogP contribution in [-0.4, -0.2) is 33.4 Å². The first-order valence-electron chi connectivity index (χ1n) is 7.76. The summed E-state index contributed by atoms with van der Waals surface area (Å²) in [6.07, 6.45) is 0. The first-order valence-corrected chi connectivity index (χ1v) is 10.8. The Morgan fingerprint density at radius 2 is 1.92 bits per heavy atom. The molecule has 0 aliphatic carbocycles. The van der Waals surface area contributed by atoms with Crippen molar-refractivity contribution in [1.82, 2.24) is 4.98 Å². The Morgan fingerprint density at radius 3 is 2.67 bits per heavy atom. The number of aromatic nitrogens is 1. The summed E-state index contributed by atoms with van der Waals surface area (Å²) in [6.45, 7) is 0. The van der Waals surface area contributed by atoms with Gasteiger partial charge in [0.1, 0.15) is 5.01 Å². The highest BCUT2D eigenvalue weighted by Crippen LogP contribution is 2.31. The molecular weight excluding hydrogens is 356 g/mol. The summed E-state index contributed by atoms with van der Waals surface area (Å²) in [5.74, 6) is 3.21. The molecular formula is C18H16N2OS3. The molecule has 1 atom stereocenters. The third-order valence-electron chi connectivity index (χ3n) is 3.80. The second-order valence-electron chi connectivity index (χ2n) is 5.49. The lowest BCUT2D eigenvalue weighted by Gasteiger charge is -2.20. The molecule has 2 aromatic carbocycles.